The van der Waals surface area contributed by atoms with Gasteiger partial charge in [0.25, 0.3) is 0 Å². The zero-order chi connectivity index (χ0) is 14.8. The van der Waals surface area contributed by atoms with Crippen LogP contribution in [0.2, 0.25) is 0 Å². The average Bonchev–Trinajstić information content (AvgIpc) is 2.23. The third kappa shape index (κ3) is 5.36. The van der Waals surface area contributed by atoms with E-state index in [4.69, 9.17) is 4.74 Å². The van der Waals surface area contributed by atoms with Gasteiger partial charge >= 0.3 is 0 Å². The van der Waals surface area contributed by atoms with Crippen molar-refractivity contribution < 1.29 is 4.74 Å². The van der Waals surface area contributed by atoms with E-state index in [9.17, 15) is 0 Å². The summed E-state index contributed by atoms with van der Waals surface area (Å²) in [6.45, 7) is 18.3. The van der Waals surface area contributed by atoms with Gasteiger partial charge in [-0.25, -0.2) is 0 Å². The van der Waals surface area contributed by atoms with Crippen LogP contribution in [0.5, 0.6) is 0 Å². The predicted octanol–water partition coefficient (Wildman–Crippen LogP) is 5.42. The molecule has 0 spiro atoms. The third-order valence-electron chi connectivity index (χ3n) is 3.22. The summed E-state index contributed by atoms with van der Waals surface area (Å²) in [5, 5.41) is 0. The second-order valence-corrected chi connectivity index (χ2v) is 7.77. The quantitative estimate of drug-likeness (QED) is 0.706. The summed E-state index contributed by atoms with van der Waals surface area (Å²) in [5.41, 5.74) is 4.18. The van der Waals surface area contributed by atoms with E-state index in [0.29, 0.717) is 12.5 Å². The van der Waals surface area contributed by atoms with Gasteiger partial charge in [0, 0.05) is 0 Å². The molecule has 0 amide bonds. The summed E-state index contributed by atoms with van der Waals surface area (Å²) < 4.78 is 5.92. The summed E-state index contributed by atoms with van der Waals surface area (Å²) in [4.78, 5) is 0. The van der Waals surface area contributed by atoms with Crippen molar-refractivity contribution in [1.29, 1.82) is 0 Å². The number of benzene rings is 1. The van der Waals surface area contributed by atoms with E-state index in [2.05, 4.69) is 73.6 Å². The Hall–Kier alpha value is -0.820. The minimum Gasteiger partial charge on any atom is -0.371 e. The van der Waals surface area contributed by atoms with E-state index in [1.165, 1.54) is 16.7 Å². The highest BCUT2D eigenvalue weighted by molar-refractivity contribution is 5.35. The van der Waals surface area contributed by atoms with Crippen LogP contribution in [-0.4, -0.2) is 5.60 Å². The van der Waals surface area contributed by atoms with Crippen molar-refractivity contribution in [3.8, 4) is 0 Å². The van der Waals surface area contributed by atoms with Crippen molar-refractivity contribution in [1.82, 2.24) is 0 Å². The van der Waals surface area contributed by atoms with Crippen LogP contribution in [-0.2, 0) is 16.8 Å². The Morgan fingerprint density at radius 2 is 1.53 bits per heavy atom. The Balaban J connectivity index is 3.07. The van der Waals surface area contributed by atoms with Gasteiger partial charge in [0.2, 0.25) is 0 Å². The summed E-state index contributed by atoms with van der Waals surface area (Å²) in [6, 6.07) is 6.91. The SMILES string of the molecule is CC(C)c1cc(COC(C)(C)C)cc(C(C)(C)C)c1. The van der Waals surface area contributed by atoms with Crippen LogP contribution in [0.4, 0.5) is 0 Å². The lowest BCUT2D eigenvalue weighted by molar-refractivity contribution is -0.0150. The molecule has 0 heterocycles. The molecule has 0 aliphatic rings. The molecule has 1 aromatic rings. The summed E-state index contributed by atoms with van der Waals surface area (Å²) in [6.07, 6.45) is 0. The molecule has 0 saturated heterocycles. The molecular formula is C18H30O. The first-order valence-electron chi connectivity index (χ1n) is 7.27. The second kappa shape index (κ2) is 5.66. The lowest BCUT2D eigenvalue weighted by Crippen LogP contribution is -2.19. The van der Waals surface area contributed by atoms with Crippen molar-refractivity contribution >= 4 is 0 Å². The maximum absolute atomic E-state index is 5.92. The van der Waals surface area contributed by atoms with Crippen molar-refractivity contribution in [2.24, 2.45) is 0 Å². The maximum Gasteiger partial charge on any atom is 0.0724 e. The van der Waals surface area contributed by atoms with Crippen LogP contribution >= 0.6 is 0 Å². The van der Waals surface area contributed by atoms with E-state index >= 15 is 0 Å². The Morgan fingerprint density at radius 1 is 0.947 bits per heavy atom. The maximum atomic E-state index is 5.92. The molecule has 0 fully saturated rings. The van der Waals surface area contributed by atoms with E-state index in [1.54, 1.807) is 0 Å². The smallest absolute Gasteiger partial charge is 0.0724 e. The normalized spacial score (nSPS) is 13.1. The molecule has 0 N–H and O–H groups in total. The summed E-state index contributed by atoms with van der Waals surface area (Å²) >= 11 is 0. The van der Waals surface area contributed by atoms with E-state index in [0.717, 1.165) is 0 Å². The number of hydrogen-bond acceptors (Lipinski definition) is 1. The van der Waals surface area contributed by atoms with Gasteiger partial charge in [-0.2, -0.15) is 0 Å². The molecule has 0 saturated carbocycles. The first-order chi connectivity index (χ1) is 8.49. The Bertz CT molecular complexity index is 416. The first kappa shape index (κ1) is 16.2. The molecule has 1 rings (SSSR count). The van der Waals surface area contributed by atoms with E-state index < -0.39 is 0 Å². The number of ether oxygens (including phenoxy) is 1. The zero-order valence-corrected chi connectivity index (χ0v) is 13.9. The molecule has 108 valence electrons. The topological polar surface area (TPSA) is 9.23 Å². The van der Waals surface area contributed by atoms with E-state index in [1.807, 2.05) is 0 Å². The molecule has 0 atom stereocenters. The minimum absolute atomic E-state index is 0.0876. The predicted molar refractivity (Wildman–Crippen MR) is 83.8 cm³/mol. The number of rotatable bonds is 3. The summed E-state index contributed by atoms with van der Waals surface area (Å²) in [7, 11) is 0. The second-order valence-electron chi connectivity index (χ2n) is 7.77. The monoisotopic (exact) mass is 262 g/mol. The van der Waals surface area contributed by atoms with Crippen LogP contribution < -0.4 is 0 Å². The van der Waals surface area contributed by atoms with Gasteiger partial charge in [-0.1, -0.05) is 52.8 Å². The van der Waals surface area contributed by atoms with Gasteiger partial charge in [-0.05, 0) is 48.8 Å². The molecule has 0 aliphatic carbocycles. The standard InChI is InChI=1S/C18H30O/c1-13(2)15-9-14(12-19-18(6,7)8)10-16(11-15)17(3,4)5/h9-11,13H,12H2,1-8H3. The van der Waals surface area contributed by atoms with Crippen LogP contribution in [0.15, 0.2) is 18.2 Å². The number of hydrogen-bond donors (Lipinski definition) is 0. The van der Waals surface area contributed by atoms with Crippen molar-refractivity contribution in [3.05, 3.63) is 34.9 Å². The summed E-state index contributed by atoms with van der Waals surface area (Å²) in [5.74, 6) is 0.552. The van der Waals surface area contributed by atoms with Gasteiger partial charge < -0.3 is 4.74 Å². The van der Waals surface area contributed by atoms with Crippen molar-refractivity contribution in [3.63, 3.8) is 0 Å². The van der Waals surface area contributed by atoms with Crippen LogP contribution in [0.3, 0.4) is 0 Å². The fraction of sp³-hybridized carbons (Fsp3) is 0.667. The lowest BCUT2D eigenvalue weighted by atomic mass is 9.83. The van der Waals surface area contributed by atoms with Crippen molar-refractivity contribution in [2.45, 2.75) is 78.9 Å². The molecule has 1 heteroatoms. The molecule has 0 bridgehead atoms. The van der Waals surface area contributed by atoms with Gasteiger partial charge in [0.15, 0.2) is 0 Å². The Kier molecular flexibility index (Phi) is 4.84. The molecular weight excluding hydrogens is 232 g/mol. The van der Waals surface area contributed by atoms with Crippen LogP contribution in [0.1, 0.15) is 78.0 Å². The molecule has 0 radical (unpaired) electrons. The van der Waals surface area contributed by atoms with E-state index in [-0.39, 0.29) is 11.0 Å². The van der Waals surface area contributed by atoms with Gasteiger partial charge in [0.1, 0.15) is 0 Å². The molecule has 0 aliphatic heterocycles. The third-order valence-corrected chi connectivity index (χ3v) is 3.22. The van der Waals surface area contributed by atoms with Gasteiger partial charge in [-0.15, -0.1) is 0 Å². The Morgan fingerprint density at radius 3 is 1.95 bits per heavy atom. The average molecular weight is 262 g/mol. The molecule has 0 unspecified atom stereocenters. The fourth-order valence-electron chi connectivity index (χ4n) is 1.87. The van der Waals surface area contributed by atoms with Crippen molar-refractivity contribution in [2.75, 3.05) is 0 Å². The highest BCUT2D eigenvalue weighted by Crippen LogP contribution is 2.28. The fourth-order valence-corrected chi connectivity index (χ4v) is 1.87. The molecule has 19 heavy (non-hydrogen) atoms. The largest absolute Gasteiger partial charge is 0.371 e. The first-order valence-corrected chi connectivity index (χ1v) is 7.27. The molecule has 1 nitrogen and oxygen atoms in total. The lowest BCUT2D eigenvalue weighted by Gasteiger charge is -2.24. The van der Waals surface area contributed by atoms with Gasteiger partial charge in [-0.3, -0.25) is 0 Å². The van der Waals surface area contributed by atoms with Crippen LogP contribution in [0.25, 0.3) is 0 Å². The molecule has 0 aromatic heterocycles. The van der Waals surface area contributed by atoms with Crippen LogP contribution in [0, 0.1) is 0 Å². The molecule has 1 aromatic carbocycles. The van der Waals surface area contributed by atoms with Gasteiger partial charge in [0.05, 0.1) is 12.2 Å². The highest BCUT2D eigenvalue weighted by Gasteiger charge is 2.17. The highest BCUT2D eigenvalue weighted by atomic mass is 16.5. The Labute approximate surface area is 119 Å². The zero-order valence-electron chi connectivity index (χ0n) is 13.9. The minimum atomic E-state index is -0.0876.